The molecule has 1 aromatic carbocycles. The first kappa shape index (κ1) is 12.7. The summed E-state index contributed by atoms with van der Waals surface area (Å²) >= 11 is 1.42. The summed E-state index contributed by atoms with van der Waals surface area (Å²) < 4.78 is 0. The zero-order chi connectivity index (χ0) is 14.1. The van der Waals surface area contributed by atoms with Gasteiger partial charge in [0.25, 0.3) is 0 Å². The molecule has 0 radical (unpaired) electrons. The minimum Gasteiger partial charge on any atom is -0.384 e. The summed E-state index contributed by atoms with van der Waals surface area (Å²) in [7, 11) is 0. The molecule has 100 valence electrons. The lowest BCUT2D eigenvalue weighted by atomic mass is 10.2. The number of H-pyrrole nitrogens is 1. The molecule has 5 nitrogen and oxygen atoms in total. The number of pyridine rings is 1. The largest absolute Gasteiger partial charge is 0.384 e. The van der Waals surface area contributed by atoms with E-state index in [9.17, 15) is 0 Å². The molecule has 3 rings (SSSR count). The number of benzene rings is 1. The molecule has 3 aromatic rings. The summed E-state index contributed by atoms with van der Waals surface area (Å²) in [6, 6.07) is 9.59. The van der Waals surface area contributed by atoms with Crippen molar-refractivity contribution in [3.8, 4) is 0 Å². The fraction of sp³-hybridized carbons (Fsp3) is 0.0714. The molecule has 0 spiro atoms. The van der Waals surface area contributed by atoms with Crippen molar-refractivity contribution in [2.75, 3.05) is 0 Å². The van der Waals surface area contributed by atoms with Crippen molar-refractivity contribution in [3.63, 3.8) is 0 Å². The highest BCUT2D eigenvalue weighted by Crippen LogP contribution is 2.26. The molecular weight excluding hydrogens is 270 g/mol. The summed E-state index contributed by atoms with van der Waals surface area (Å²) in [5, 5.41) is 8.98. The van der Waals surface area contributed by atoms with E-state index < -0.39 is 0 Å². The Balaban J connectivity index is 1.92. The second-order valence-electron chi connectivity index (χ2n) is 4.46. The average molecular weight is 283 g/mol. The summed E-state index contributed by atoms with van der Waals surface area (Å²) in [5.74, 6) is 0.0366. The normalized spacial score (nSPS) is 10.8. The second kappa shape index (κ2) is 4.97. The van der Waals surface area contributed by atoms with Crippen molar-refractivity contribution in [1.82, 2.24) is 15.0 Å². The number of nitrogens with one attached hydrogen (secondary N) is 2. The topological polar surface area (TPSA) is 91.4 Å². The minimum absolute atomic E-state index is 0.0366. The van der Waals surface area contributed by atoms with Gasteiger partial charge in [0.05, 0.1) is 11.0 Å². The maximum Gasteiger partial charge on any atom is 0.172 e. The van der Waals surface area contributed by atoms with Gasteiger partial charge in [-0.05, 0) is 48.5 Å². The molecule has 2 aromatic heterocycles. The maximum absolute atomic E-state index is 7.44. The Morgan fingerprint density at radius 1 is 1.30 bits per heavy atom. The molecule has 0 saturated heterocycles. The van der Waals surface area contributed by atoms with E-state index in [1.54, 1.807) is 18.3 Å². The molecule has 0 bridgehead atoms. The fourth-order valence-electron chi connectivity index (χ4n) is 1.88. The lowest BCUT2D eigenvalue weighted by molar-refractivity contribution is 1.05. The van der Waals surface area contributed by atoms with Gasteiger partial charge in [0.15, 0.2) is 5.16 Å². The number of rotatable bonds is 3. The fourth-order valence-corrected chi connectivity index (χ4v) is 2.68. The third kappa shape index (κ3) is 2.50. The van der Waals surface area contributed by atoms with Crippen molar-refractivity contribution in [1.29, 1.82) is 5.41 Å². The van der Waals surface area contributed by atoms with Crippen LogP contribution in [0.25, 0.3) is 11.0 Å². The maximum atomic E-state index is 7.44. The second-order valence-corrected chi connectivity index (χ2v) is 5.47. The van der Waals surface area contributed by atoms with E-state index >= 15 is 0 Å². The smallest absolute Gasteiger partial charge is 0.172 e. The van der Waals surface area contributed by atoms with E-state index in [1.807, 2.05) is 19.1 Å². The van der Waals surface area contributed by atoms with Crippen LogP contribution >= 0.6 is 11.8 Å². The number of nitrogens with two attached hydrogens (primary N) is 1. The molecule has 2 heterocycles. The van der Waals surface area contributed by atoms with Gasteiger partial charge in [-0.2, -0.15) is 0 Å². The van der Waals surface area contributed by atoms with Crippen LogP contribution in [0.3, 0.4) is 0 Å². The predicted molar refractivity (Wildman–Crippen MR) is 80.2 cm³/mol. The first-order valence-electron chi connectivity index (χ1n) is 6.06. The van der Waals surface area contributed by atoms with Crippen LogP contribution in [0.5, 0.6) is 0 Å². The van der Waals surface area contributed by atoms with Crippen LogP contribution in [0.15, 0.2) is 46.7 Å². The lowest BCUT2D eigenvalue weighted by Gasteiger charge is -2.00. The van der Waals surface area contributed by atoms with Crippen LogP contribution in [0.4, 0.5) is 0 Å². The van der Waals surface area contributed by atoms with E-state index in [4.69, 9.17) is 11.1 Å². The lowest BCUT2D eigenvalue weighted by Crippen LogP contribution is -2.10. The summed E-state index contributed by atoms with van der Waals surface area (Å²) in [5.41, 5.74) is 9.27. The number of fused-ring (bicyclic) bond motifs is 1. The Hall–Kier alpha value is -2.34. The van der Waals surface area contributed by atoms with Crippen LogP contribution < -0.4 is 5.73 Å². The van der Waals surface area contributed by atoms with Crippen molar-refractivity contribution in [3.05, 3.63) is 47.7 Å². The number of aryl methyl sites for hydroxylation is 1. The standard InChI is InChI=1S/C14H13N5S/c1-8-2-3-10-11(6-8)19-14(18-10)20-12-7-9(13(15)16)4-5-17-12/h2-7H,1H3,(H3,15,16)(H,18,19). The third-order valence-corrected chi connectivity index (χ3v) is 3.68. The number of nitrogen functional groups attached to an aromatic ring is 1. The molecule has 0 saturated carbocycles. The van der Waals surface area contributed by atoms with Crippen LogP contribution in [-0.4, -0.2) is 20.8 Å². The summed E-state index contributed by atoms with van der Waals surface area (Å²) in [6.07, 6.45) is 1.64. The Kier molecular flexibility index (Phi) is 3.15. The molecule has 0 aliphatic rings. The van der Waals surface area contributed by atoms with Crippen molar-refractivity contribution >= 4 is 28.6 Å². The van der Waals surface area contributed by atoms with Crippen molar-refractivity contribution in [2.24, 2.45) is 5.73 Å². The number of imidazole rings is 1. The van der Waals surface area contributed by atoms with Gasteiger partial charge in [-0.3, -0.25) is 5.41 Å². The van der Waals surface area contributed by atoms with Crippen molar-refractivity contribution in [2.45, 2.75) is 17.1 Å². The number of amidine groups is 1. The van der Waals surface area contributed by atoms with Gasteiger partial charge in [0.2, 0.25) is 0 Å². The van der Waals surface area contributed by atoms with E-state index in [-0.39, 0.29) is 5.84 Å². The van der Waals surface area contributed by atoms with Gasteiger partial charge in [-0.1, -0.05) is 6.07 Å². The zero-order valence-corrected chi connectivity index (χ0v) is 11.7. The van der Waals surface area contributed by atoms with Crippen molar-refractivity contribution < 1.29 is 0 Å². The van der Waals surface area contributed by atoms with Gasteiger partial charge in [0, 0.05) is 11.8 Å². The molecule has 4 N–H and O–H groups in total. The molecule has 0 amide bonds. The van der Waals surface area contributed by atoms with Crippen LogP contribution in [0, 0.1) is 12.3 Å². The van der Waals surface area contributed by atoms with E-state index in [2.05, 4.69) is 21.0 Å². The van der Waals surface area contributed by atoms with Gasteiger partial charge < -0.3 is 10.7 Å². The first-order valence-corrected chi connectivity index (χ1v) is 6.88. The molecular formula is C14H13N5S. The van der Waals surface area contributed by atoms with Gasteiger partial charge in [-0.25, -0.2) is 9.97 Å². The number of nitrogens with zero attached hydrogens (tertiary/aromatic N) is 2. The molecule has 0 aliphatic heterocycles. The number of hydrogen-bond donors (Lipinski definition) is 3. The third-order valence-electron chi connectivity index (χ3n) is 2.86. The highest BCUT2D eigenvalue weighted by Gasteiger charge is 2.07. The van der Waals surface area contributed by atoms with Crippen LogP contribution in [0.1, 0.15) is 11.1 Å². The predicted octanol–water partition coefficient (Wildman–Crippen LogP) is 2.70. The number of aromatic amines is 1. The molecule has 0 aliphatic carbocycles. The van der Waals surface area contributed by atoms with E-state index in [0.29, 0.717) is 5.56 Å². The van der Waals surface area contributed by atoms with Crippen LogP contribution in [0.2, 0.25) is 0 Å². The Bertz CT molecular complexity index is 793. The average Bonchev–Trinajstić information content (AvgIpc) is 2.80. The zero-order valence-electron chi connectivity index (χ0n) is 10.8. The monoisotopic (exact) mass is 283 g/mol. The van der Waals surface area contributed by atoms with E-state index in [0.717, 1.165) is 21.2 Å². The van der Waals surface area contributed by atoms with Gasteiger partial charge >= 0.3 is 0 Å². The first-order chi connectivity index (χ1) is 9.61. The Labute approximate surface area is 120 Å². The molecule has 0 unspecified atom stereocenters. The van der Waals surface area contributed by atoms with E-state index in [1.165, 1.54) is 17.3 Å². The summed E-state index contributed by atoms with van der Waals surface area (Å²) in [4.78, 5) is 12.0. The van der Waals surface area contributed by atoms with Crippen LogP contribution in [-0.2, 0) is 0 Å². The number of hydrogen-bond acceptors (Lipinski definition) is 4. The SMILES string of the molecule is Cc1ccc2nc(Sc3cc(C(=N)N)ccn3)[nH]c2c1. The summed E-state index contributed by atoms with van der Waals surface area (Å²) in [6.45, 7) is 2.05. The minimum atomic E-state index is 0.0366. The molecule has 0 atom stereocenters. The molecule has 6 heteroatoms. The molecule has 0 fully saturated rings. The van der Waals surface area contributed by atoms with Gasteiger partial charge in [0.1, 0.15) is 10.9 Å². The van der Waals surface area contributed by atoms with Gasteiger partial charge in [-0.15, -0.1) is 0 Å². The highest BCUT2D eigenvalue weighted by atomic mass is 32.2. The number of aromatic nitrogens is 3. The highest BCUT2D eigenvalue weighted by molar-refractivity contribution is 7.99. The Morgan fingerprint density at radius 3 is 2.95 bits per heavy atom. The Morgan fingerprint density at radius 2 is 2.15 bits per heavy atom. The molecule has 20 heavy (non-hydrogen) atoms. The quantitative estimate of drug-likeness (QED) is 0.509.